The summed E-state index contributed by atoms with van der Waals surface area (Å²) in [6.07, 6.45) is 1.08. The van der Waals surface area contributed by atoms with Gasteiger partial charge in [-0.2, -0.15) is 0 Å². The van der Waals surface area contributed by atoms with Crippen molar-refractivity contribution < 1.29 is 15.0 Å². The molecule has 0 aliphatic heterocycles. The molecule has 0 aromatic heterocycles. The Kier molecular flexibility index (Phi) is 4.25. The van der Waals surface area contributed by atoms with Crippen LogP contribution in [0.4, 0.5) is 11.4 Å². The number of amides is 1. The minimum atomic E-state index is -0.125. The smallest absolute Gasteiger partial charge is 0.231 e. The average Bonchev–Trinajstić information content (AvgIpc) is 2.44. The van der Waals surface area contributed by atoms with E-state index in [1.54, 1.807) is 12.1 Å². The number of benzene rings is 2. The predicted molar refractivity (Wildman–Crippen MR) is 78.3 cm³/mol. The molecule has 0 unspecified atom stereocenters. The Bertz CT molecular complexity index is 596. The van der Waals surface area contributed by atoms with Crippen molar-refractivity contribution in [3.63, 3.8) is 0 Å². The van der Waals surface area contributed by atoms with Crippen molar-refractivity contribution in [1.29, 1.82) is 0 Å². The van der Waals surface area contributed by atoms with E-state index in [1.807, 2.05) is 25.1 Å². The Hall–Kier alpha value is -2.49. The van der Waals surface area contributed by atoms with Gasteiger partial charge < -0.3 is 10.2 Å². The van der Waals surface area contributed by atoms with E-state index in [2.05, 4.69) is 0 Å². The molecule has 0 saturated heterocycles. The zero-order chi connectivity index (χ0) is 14.5. The van der Waals surface area contributed by atoms with Gasteiger partial charge in [0, 0.05) is 18.2 Å². The lowest BCUT2D eigenvalue weighted by Crippen LogP contribution is -2.25. The predicted octanol–water partition coefficient (Wildman–Crippen LogP) is 3.56. The molecule has 0 atom stereocenters. The van der Waals surface area contributed by atoms with E-state index in [1.165, 1.54) is 23.1 Å². The summed E-state index contributed by atoms with van der Waals surface area (Å²) in [5, 5.41) is 19.6. The summed E-state index contributed by atoms with van der Waals surface area (Å²) in [7, 11) is 0. The molecule has 0 heterocycles. The summed E-state index contributed by atoms with van der Waals surface area (Å²) in [5.74, 6) is -0.168. The van der Waals surface area contributed by atoms with Gasteiger partial charge in [0.1, 0.15) is 11.5 Å². The van der Waals surface area contributed by atoms with Gasteiger partial charge in [0.2, 0.25) is 5.91 Å². The lowest BCUT2D eigenvalue weighted by Gasteiger charge is -2.23. The molecule has 4 nitrogen and oxygen atoms in total. The number of hydrogen-bond acceptors (Lipinski definition) is 3. The molecule has 1 amide bonds. The van der Waals surface area contributed by atoms with E-state index in [-0.39, 0.29) is 23.1 Å². The van der Waals surface area contributed by atoms with Gasteiger partial charge in [-0.25, -0.2) is 0 Å². The molecule has 2 N–H and O–H groups in total. The zero-order valence-electron chi connectivity index (χ0n) is 11.3. The average molecular weight is 271 g/mol. The second-order valence-corrected chi connectivity index (χ2v) is 4.49. The van der Waals surface area contributed by atoms with Crippen molar-refractivity contribution in [3.05, 3.63) is 48.5 Å². The van der Waals surface area contributed by atoms with Crippen LogP contribution in [-0.4, -0.2) is 16.1 Å². The molecule has 20 heavy (non-hydrogen) atoms. The third kappa shape index (κ3) is 2.91. The number of carbonyl (C=O) groups is 1. The maximum absolute atomic E-state index is 12.3. The van der Waals surface area contributed by atoms with Crippen molar-refractivity contribution >= 4 is 17.3 Å². The number of nitrogens with zero attached hydrogens (tertiary/aromatic N) is 1. The minimum absolute atomic E-state index is 0.00281. The van der Waals surface area contributed by atoms with Crippen LogP contribution in [0.5, 0.6) is 11.5 Å². The maximum Gasteiger partial charge on any atom is 0.231 e. The molecule has 2 aromatic rings. The van der Waals surface area contributed by atoms with Crippen LogP contribution >= 0.6 is 0 Å². The lowest BCUT2D eigenvalue weighted by molar-refractivity contribution is -0.117. The highest BCUT2D eigenvalue weighted by atomic mass is 16.3. The Balaban J connectivity index is 2.51. The fraction of sp³-hybridized carbons (Fsp3) is 0.188. The molecule has 0 saturated carbocycles. The molecular weight excluding hydrogens is 254 g/mol. The van der Waals surface area contributed by atoms with E-state index in [0.717, 1.165) is 0 Å². The second-order valence-electron chi connectivity index (χ2n) is 4.49. The van der Waals surface area contributed by atoms with E-state index in [9.17, 15) is 15.0 Å². The van der Waals surface area contributed by atoms with Gasteiger partial charge >= 0.3 is 0 Å². The molecule has 0 aliphatic carbocycles. The number of anilines is 2. The third-order valence-corrected chi connectivity index (χ3v) is 2.93. The van der Waals surface area contributed by atoms with Crippen LogP contribution in [-0.2, 0) is 4.79 Å². The van der Waals surface area contributed by atoms with Gasteiger partial charge in [-0.15, -0.1) is 0 Å². The fourth-order valence-corrected chi connectivity index (χ4v) is 2.01. The molecule has 4 heteroatoms. The van der Waals surface area contributed by atoms with Gasteiger partial charge in [-0.3, -0.25) is 9.69 Å². The number of hydrogen-bond donors (Lipinski definition) is 2. The number of phenols is 2. The summed E-state index contributed by atoms with van der Waals surface area (Å²) < 4.78 is 0. The number of para-hydroxylation sites is 1. The van der Waals surface area contributed by atoms with E-state index in [4.69, 9.17) is 0 Å². The highest BCUT2D eigenvalue weighted by Crippen LogP contribution is 2.36. The van der Waals surface area contributed by atoms with Crippen molar-refractivity contribution in [2.45, 2.75) is 19.8 Å². The highest BCUT2D eigenvalue weighted by Gasteiger charge is 2.20. The number of aromatic hydroxyl groups is 2. The van der Waals surface area contributed by atoms with Crippen molar-refractivity contribution in [3.8, 4) is 11.5 Å². The summed E-state index contributed by atoms with van der Waals surface area (Å²) in [5.41, 5.74) is 0.946. The van der Waals surface area contributed by atoms with Crippen molar-refractivity contribution in [2.75, 3.05) is 4.90 Å². The normalized spacial score (nSPS) is 10.2. The molecular formula is C16H17NO3. The quantitative estimate of drug-likeness (QED) is 0.836. The number of phenolic OH excluding ortho intramolecular Hbond substituents is 2. The van der Waals surface area contributed by atoms with Crippen molar-refractivity contribution in [2.24, 2.45) is 0 Å². The van der Waals surface area contributed by atoms with Gasteiger partial charge in [-0.05, 0) is 30.7 Å². The summed E-state index contributed by atoms with van der Waals surface area (Å²) in [4.78, 5) is 13.8. The maximum atomic E-state index is 12.3. The number of rotatable bonds is 4. The Morgan fingerprint density at radius 2 is 1.80 bits per heavy atom. The van der Waals surface area contributed by atoms with E-state index in [0.29, 0.717) is 18.5 Å². The molecule has 2 rings (SSSR count). The van der Waals surface area contributed by atoms with Crippen LogP contribution in [0.3, 0.4) is 0 Å². The Morgan fingerprint density at radius 3 is 2.45 bits per heavy atom. The first-order valence-electron chi connectivity index (χ1n) is 6.53. The monoisotopic (exact) mass is 271 g/mol. The largest absolute Gasteiger partial charge is 0.508 e. The summed E-state index contributed by atoms with van der Waals surface area (Å²) in [6, 6.07) is 13.2. The topological polar surface area (TPSA) is 60.8 Å². The first-order valence-corrected chi connectivity index (χ1v) is 6.53. The second kappa shape index (κ2) is 6.10. The van der Waals surface area contributed by atoms with Crippen molar-refractivity contribution in [1.82, 2.24) is 0 Å². The van der Waals surface area contributed by atoms with Crippen LogP contribution in [0.25, 0.3) is 0 Å². The first-order chi connectivity index (χ1) is 9.63. The molecule has 0 bridgehead atoms. The zero-order valence-corrected chi connectivity index (χ0v) is 11.3. The number of carbonyl (C=O) groups excluding carboxylic acids is 1. The third-order valence-electron chi connectivity index (χ3n) is 2.93. The van der Waals surface area contributed by atoms with E-state index >= 15 is 0 Å². The molecule has 104 valence electrons. The molecule has 0 radical (unpaired) electrons. The first kappa shape index (κ1) is 13.9. The molecule has 0 fully saturated rings. The van der Waals surface area contributed by atoms with Gasteiger partial charge in [-0.1, -0.05) is 25.1 Å². The van der Waals surface area contributed by atoms with Gasteiger partial charge in [0.15, 0.2) is 0 Å². The minimum Gasteiger partial charge on any atom is -0.508 e. The molecule has 0 spiro atoms. The van der Waals surface area contributed by atoms with Crippen LogP contribution in [0.15, 0.2) is 48.5 Å². The van der Waals surface area contributed by atoms with Crippen LogP contribution < -0.4 is 4.90 Å². The Morgan fingerprint density at radius 1 is 1.10 bits per heavy atom. The summed E-state index contributed by atoms with van der Waals surface area (Å²) in [6.45, 7) is 1.92. The SMILES string of the molecule is CCCC(=O)N(c1ccccc1)c1cc(O)ccc1O. The van der Waals surface area contributed by atoms with E-state index < -0.39 is 0 Å². The standard InChI is InChI=1S/C16H17NO3/c1-2-6-16(20)17(12-7-4-3-5-8-12)14-11-13(18)9-10-15(14)19/h3-5,7-11,18-19H,2,6H2,1H3. The van der Waals surface area contributed by atoms with Gasteiger partial charge in [0.05, 0.1) is 5.69 Å². The van der Waals surface area contributed by atoms with Crippen LogP contribution in [0.1, 0.15) is 19.8 Å². The highest BCUT2D eigenvalue weighted by molar-refractivity contribution is 6.01. The molecule has 0 aliphatic rings. The Labute approximate surface area is 117 Å². The van der Waals surface area contributed by atoms with Gasteiger partial charge in [0.25, 0.3) is 0 Å². The lowest BCUT2D eigenvalue weighted by atomic mass is 10.2. The van der Waals surface area contributed by atoms with Crippen LogP contribution in [0.2, 0.25) is 0 Å². The fourth-order valence-electron chi connectivity index (χ4n) is 2.01. The summed E-state index contributed by atoms with van der Waals surface area (Å²) >= 11 is 0. The molecule has 2 aromatic carbocycles. The van der Waals surface area contributed by atoms with Crippen LogP contribution in [0, 0.1) is 0 Å².